The van der Waals surface area contributed by atoms with Crippen LogP contribution in [0.2, 0.25) is 0 Å². The van der Waals surface area contributed by atoms with Crippen molar-refractivity contribution in [1.29, 1.82) is 0 Å². The Morgan fingerprint density at radius 3 is 2.88 bits per heavy atom. The molecule has 0 saturated carbocycles. The van der Waals surface area contributed by atoms with Gasteiger partial charge in [0.2, 0.25) is 0 Å². The standard InChI is InChI=1S/C13H21NOS/c1-4-14-13(8-9-16-3)11-6-5-7-12(10-11)15-2/h5-7,10,13-14H,4,8-9H2,1-3H3. The van der Waals surface area contributed by atoms with Crippen LogP contribution < -0.4 is 10.1 Å². The van der Waals surface area contributed by atoms with Crippen LogP contribution in [0, 0.1) is 0 Å². The number of nitrogens with one attached hydrogen (secondary N) is 1. The quantitative estimate of drug-likeness (QED) is 0.790. The molecule has 0 heterocycles. The molecule has 0 aliphatic carbocycles. The van der Waals surface area contributed by atoms with Gasteiger partial charge in [0.25, 0.3) is 0 Å². The molecule has 1 atom stereocenters. The third-order valence-corrected chi connectivity index (χ3v) is 3.20. The Balaban J connectivity index is 2.73. The molecule has 3 heteroatoms. The van der Waals surface area contributed by atoms with E-state index in [1.807, 2.05) is 17.8 Å². The van der Waals surface area contributed by atoms with Crippen LogP contribution in [0.4, 0.5) is 0 Å². The third kappa shape index (κ3) is 4.06. The molecule has 16 heavy (non-hydrogen) atoms. The minimum absolute atomic E-state index is 0.438. The van der Waals surface area contributed by atoms with Gasteiger partial charge in [0.15, 0.2) is 0 Å². The molecule has 1 aromatic rings. The van der Waals surface area contributed by atoms with Crippen LogP contribution in [0.5, 0.6) is 5.75 Å². The Kier molecular flexibility index (Phi) is 6.34. The minimum Gasteiger partial charge on any atom is -0.497 e. The summed E-state index contributed by atoms with van der Waals surface area (Å²) in [6, 6.07) is 8.76. The third-order valence-electron chi connectivity index (χ3n) is 2.56. The fraction of sp³-hybridized carbons (Fsp3) is 0.538. The van der Waals surface area contributed by atoms with E-state index >= 15 is 0 Å². The largest absolute Gasteiger partial charge is 0.497 e. The zero-order valence-electron chi connectivity index (χ0n) is 10.3. The van der Waals surface area contributed by atoms with Crippen molar-refractivity contribution in [3.63, 3.8) is 0 Å². The van der Waals surface area contributed by atoms with Gasteiger partial charge in [-0.2, -0.15) is 11.8 Å². The van der Waals surface area contributed by atoms with Crippen molar-refractivity contribution in [2.24, 2.45) is 0 Å². The van der Waals surface area contributed by atoms with E-state index in [-0.39, 0.29) is 0 Å². The highest BCUT2D eigenvalue weighted by molar-refractivity contribution is 7.98. The molecular formula is C13H21NOS. The van der Waals surface area contributed by atoms with Crippen molar-refractivity contribution in [3.8, 4) is 5.75 Å². The van der Waals surface area contributed by atoms with Crippen LogP contribution in [0.3, 0.4) is 0 Å². The Labute approximate surface area is 103 Å². The van der Waals surface area contributed by atoms with E-state index in [1.165, 1.54) is 11.3 Å². The summed E-state index contributed by atoms with van der Waals surface area (Å²) in [7, 11) is 1.71. The zero-order valence-corrected chi connectivity index (χ0v) is 11.1. The molecule has 0 bridgehead atoms. The zero-order chi connectivity index (χ0) is 11.8. The predicted molar refractivity (Wildman–Crippen MR) is 72.4 cm³/mol. The Bertz CT molecular complexity index is 304. The maximum Gasteiger partial charge on any atom is 0.119 e. The monoisotopic (exact) mass is 239 g/mol. The summed E-state index contributed by atoms with van der Waals surface area (Å²) in [5.41, 5.74) is 1.32. The van der Waals surface area contributed by atoms with E-state index in [0.29, 0.717) is 6.04 Å². The first kappa shape index (κ1) is 13.4. The van der Waals surface area contributed by atoms with Gasteiger partial charge in [0, 0.05) is 6.04 Å². The number of hydrogen-bond acceptors (Lipinski definition) is 3. The van der Waals surface area contributed by atoms with Crippen molar-refractivity contribution >= 4 is 11.8 Å². The molecule has 1 N–H and O–H groups in total. The van der Waals surface area contributed by atoms with Gasteiger partial charge in [0.05, 0.1) is 7.11 Å². The average Bonchev–Trinajstić information content (AvgIpc) is 2.34. The van der Waals surface area contributed by atoms with E-state index in [9.17, 15) is 0 Å². The second-order valence-corrected chi connectivity index (χ2v) is 4.65. The van der Waals surface area contributed by atoms with Gasteiger partial charge in [-0.3, -0.25) is 0 Å². The first-order valence-electron chi connectivity index (χ1n) is 5.68. The first-order chi connectivity index (χ1) is 7.81. The normalized spacial score (nSPS) is 12.4. The lowest BCUT2D eigenvalue weighted by atomic mass is 10.0. The molecule has 90 valence electrons. The van der Waals surface area contributed by atoms with E-state index in [0.717, 1.165) is 18.7 Å². The molecule has 0 aromatic heterocycles. The predicted octanol–water partition coefficient (Wildman–Crippen LogP) is 3.10. The molecule has 0 aliphatic heterocycles. The summed E-state index contributed by atoms with van der Waals surface area (Å²) in [4.78, 5) is 0. The van der Waals surface area contributed by atoms with Crippen LogP contribution in [0.25, 0.3) is 0 Å². The molecule has 0 spiro atoms. The van der Waals surface area contributed by atoms with Gasteiger partial charge in [-0.05, 0) is 42.7 Å². The Morgan fingerprint density at radius 1 is 1.44 bits per heavy atom. The maximum atomic E-state index is 5.25. The number of benzene rings is 1. The minimum atomic E-state index is 0.438. The van der Waals surface area contributed by atoms with Crippen molar-refractivity contribution in [3.05, 3.63) is 29.8 Å². The SMILES string of the molecule is CCNC(CCSC)c1cccc(OC)c1. The summed E-state index contributed by atoms with van der Waals surface area (Å²) in [5, 5.41) is 3.52. The number of methoxy groups -OCH3 is 1. The van der Waals surface area contributed by atoms with Gasteiger partial charge < -0.3 is 10.1 Å². The van der Waals surface area contributed by atoms with Crippen LogP contribution in [0.15, 0.2) is 24.3 Å². The number of hydrogen-bond donors (Lipinski definition) is 1. The molecule has 1 rings (SSSR count). The second kappa shape index (κ2) is 7.58. The molecule has 0 aliphatic rings. The van der Waals surface area contributed by atoms with Crippen LogP contribution in [-0.4, -0.2) is 25.7 Å². The van der Waals surface area contributed by atoms with E-state index in [2.05, 4.69) is 36.7 Å². The fourth-order valence-electron chi connectivity index (χ4n) is 1.73. The molecule has 1 unspecified atom stereocenters. The van der Waals surface area contributed by atoms with Gasteiger partial charge in [0.1, 0.15) is 5.75 Å². The highest BCUT2D eigenvalue weighted by Gasteiger charge is 2.10. The van der Waals surface area contributed by atoms with Crippen molar-refractivity contribution < 1.29 is 4.74 Å². The lowest BCUT2D eigenvalue weighted by Gasteiger charge is -2.18. The maximum absolute atomic E-state index is 5.25. The summed E-state index contributed by atoms with van der Waals surface area (Å²) in [6.45, 7) is 3.14. The van der Waals surface area contributed by atoms with Gasteiger partial charge in [-0.25, -0.2) is 0 Å². The molecule has 1 aromatic carbocycles. The lowest BCUT2D eigenvalue weighted by molar-refractivity contribution is 0.413. The molecule has 2 nitrogen and oxygen atoms in total. The summed E-state index contributed by atoms with van der Waals surface area (Å²) in [5.74, 6) is 2.11. The highest BCUT2D eigenvalue weighted by atomic mass is 32.2. The summed E-state index contributed by atoms with van der Waals surface area (Å²) < 4.78 is 5.25. The lowest BCUT2D eigenvalue weighted by Crippen LogP contribution is -2.21. The topological polar surface area (TPSA) is 21.3 Å². The van der Waals surface area contributed by atoms with Crippen molar-refractivity contribution in [2.45, 2.75) is 19.4 Å². The van der Waals surface area contributed by atoms with Crippen LogP contribution >= 0.6 is 11.8 Å². The van der Waals surface area contributed by atoms with Gasteiger partial charge >= 0.3 is 0 Å². The number of ether oxygens (including phenoxy) is 1. The number of rotatable bonds is 7. The molecular weight excluding hydrogens is 218 g/mol. The Morgan fingerprint density at radius 2 is 2.25 bits per heavy atom. The summed E-state index contributed by atoms with van der Waals surface area (Å²) >= 11 is 1.89. The second-order valence-electron chi connectivity index (χ2n) is 3.67. The average molecular weight is 239 g/mol. The van der Waals surface area contributed by atoms with E-state index in [4.69, 9.17) is 4.74 Å². The smallest absolute Gasteiger partial charge is 0.119 e. The van der Waals surface area contributed by atoms with Crippen molar-refractivity contribution in [1.82, 2.24) is 5.32 Å². The van der Waals surface area contributed by atoms with Crippen molar-refractivity contribution in [2.75, 3.05) is 25.7 Å². The summed E-state index contributed by atoms with van der Waals surface area (Å²) in [6.07, 6.45) is 3.30. The van der Waals surface area contributed by atoms with E-state index < -0.39 is 0 Å². The van der Waals surface area contributed by atoms with Gasteiger partial charge in [-0.15, -0.1) is 0 Å². The fourth-order valence-corrected chi connectivity index (χ4v) is 2.20. The molecule has 0 fully saturated rings. The first-order valence-corrected chi connectivity index (χ1v) is 7.07. The van der Waals surface area contributed by atoms with E-state index in [1.54, 1.807) is 7.11 Å². The molecule has 0 saturated heterocycles. The van der Waals surface area contributed by atoms with Crippen LogP contribution in [-0.2, 0) is 0 Å². The highest BCUT2D eigenvalue weighted by Crippen LogP contribution is 2.22. The van der Waals surface area contributed by atoms with Crippen LogP contribution in [0.1, 0.15) is 24.9 Å². The van der Waals surface area contributed by atoms with Gasteiger partial charge in [-0.1, -0.05) is 19.1 Å². The molecule has 0 radical (unpaired) electrons. The number of thioether (sulfide) groups is 1. The molecule has 0 amide bonds. The Hall–Kier alpha value is -0.670.